The van der Waals surface area contributed by atoms with Gasteiger partial charge in [0.2, 0.25) is 0 Å². The SMILES string of the molecule is COc1ccc2cccc3c2c1CN(C(C)C)C3. The zero-order valence-electron chi connectivity index (χ0n) is 11.2. The van der Waals surface area contributed by atoms with Crippen LogP contribution in [0.15, 0.2) is 30.3 Å². The van der Waals surface area contributed by atoms with E-state index in [1.165, 1.54) is 21.9 Å². The third kappa shape index (κ3) is 1.68. The summed E-state index contributed by atoms with van der Waals surface area (Å²) in [5.74, 6) is 1.01. The molecule has 0 radical (unpaired) electrons. The van der Waals surface area contributed by atoms with Crippen LogP contribution in [0.1, 0.15) is 25.0 Å². The number of ether oxygens (including phenoxy) is 1. The predicted octanol–water partition coefficient (Wildman–Crippen LogP) is 3.57. The van der Waals surface area contributed by atoms with Gasteiger partial charge in [0.05, 0.1) is 7.11 Å². The van der Waals surface area contributed by atoms with Gasteiger partial charge in [0.1, 0.15) is 5.75 Å². The van der Waals surface area contributed by atoms with Gasteiger partial charge in [0.25, 0.3) is 0 Å². The fourth-order valence-electron chi connectivity index (χ4n) is 2.84. The highest BCUT2D eigenvalue weighted by Gasteiger charge is 2.22. The lowest BCUT2D eigenvalue weighted by atomic mass is 9.94. The molecule has 1 heterocycles. The molecule has 0 atom stereocenters. The molecule has 0 bridgehead atoms. The Balaban J connectivity index is 2.24. The molecule has 2 nitrogen and oxygen atoms in total. The van der Waals surface area contributed by atoms with Crippen LogP contribution in [0.4, 0.5) is 0 Å². The van der Waals surface area contributed by atoms with Gasteiger partial charge in [-0.15, -0.1) is 0 Å². The second-order valence-corrected chi connectivity index (χ2v) is 5.26. The molecule has 1 aliphatic rings. The van der Waals surface area contributed by atoms with Crippen molar-refractivity contribution in [2.24, 2.45) is 0 Å². The van der Waals surface area contributed by atoms with Gasteiger partial charge in [-0.05, 0) is 36.2 Å². The average Bonchev–Trinajstić information content (AvgIpc) is 2.39. The van der Waals surface area contributed by atoms with Gasteiger partial charge < -0.3 is 4.74 Å². The van der Waals surface area contributed by atoms with E-state index < -0.39 is 0 Å². The monoisotopic (exact) mass is 241 g/mol. The molecule has 0 aromatic heterocycles. The van der Waals surface area contributed by atoms with Crippen LogP contribution in [0.2, 0.25) is 0 Å². The van der Waals surface area contributed by atoms with Crippen LogP contribution in [0.25, 0.3) is 10.8 Å². The van der Waals surface area contributed by atoms with Crippen LogP contribution >= 0.6 is 0 Å². The van der Waals surface area contributed by atoms with E-state index in [0.717, 1.165) is 18.8 Å². The van der Waals surface area contributed by atoms with Crippen molar-refractivity contribution >= 4 is 10.8 Å². The van der Waals surface area contributed by atoms with Gasteiger partial charge in [-0.25, -0.2) is 0 Å². The van der Waals surface area contributed by atoms with Crippen molar-refractivity contribution in [3.63, 3.8) is 0 Å². The molecule has 0 aliphatic carbocycles. The van der Waals surface area contributed by atoms with Crippen molar-refractivity contribution in [3.8, 4) is 5.75 Å². The molecule has 94 valence electrons. The van der Waals surface area contributed by atoms with E-state index in [2.05, 4.69) is 49.1 Å². The van der Waals surface area contributed by atoms with E-state index in [9.17, 15) is 0 Å². The first-order chi connectivity index (χ1) is 8.70. The van der Waals surface area contributed by atoms with Crippen LogP contribution in [0.5, 0.6) is 5.75 Å². The second-order valence-electron chi connectivity index (χ2n) is 5.26. The van der Waals surface area contributed by atoms with Gasteiger partial charge in [0.15, 0.2) is 0 Å². The summed E-state index contributed by atoms with van der Waals surface area (Å²) in [6.45, 7) is 6.52. The Kier molecular flexibility index (Phi) is 2.75. The molecule has 2 heteroatoms. The summed E-state index contributed by atoms with van der Waals surface area (Å²) in [5.41, 5.74) is 2.76. The average molecular weight is 241 g/mol. The summed E-state index contributed by atoms with van der Waals surface area (Å²) in [6, 6.07) is 11.4. The third-order valence-electron chi connectivity index (χ3n) is 3.88. The quantitative estimate of drug-likeness (QED) is 0.797. The molecule has 0 N–H and O–H groups in total. The summed E-state index contributed by atoms with van der Waals surface area (Å²) in [7, 11) is 1.76. The van der Waals surface area contributed by atoms with Crippen LogP contribution in [-0.2, 0) is 13.1 Å². The maximum atomic E-state index is 5.53. The maximum Gasteiger partial charge on any atom is 0.124 e. The lowest BCUT2D eigenvalue weighted by Gasteiger charge is -2.32. The van der Waals surface area contributed by atoms with Crippen molar-refractivity contribution in [1.82, 2.24) is 4.90 Å². The fourth-order valence-corrected chi connectivity index (χ4v) is 2.84. The highest BCUT2D eigenvalue weighted by atomic mass is 16.5. The summed E-state index contributed by atoms with van der Waals surface area (Å²) in [5, 5.41) is 2.72. The Morgan fingerprint density at radius 3 is 2.67 bits per heavy atom. The normalized spacial score (nSPS) is 15.3. The van der Waals surface area contributed by atoms with E-state index in [1.54, 1.807) is 7.11 Å². The van der Waals surface area contributed by atoms with Gasteiger partial charge >= 0.3 is 0 Å². The second kappa shape index (κ2) is 4.29. The number of hydrogen-bond acceptors (Lipinski definition) is 2. The predicted molar refractivity (Wildman–Crippen MR) is 74.9 cm³/mol. The molecule has 0 amide bonds. The van der Waals surface area contributed by atoms with E-state index >= 15 is 0 Å². The van der Waals surface area contributed by atoms with Crippen LogP contribution in [0, 0.1) is 0 Å². The fraction of sp³-hybridized carbons (Fsp3) is 0.375. The molecule has 1 aliphatic heterocycles. The minimum absolute atomic E-state index is 0.554. The number of rotatable bonds is 2. The maximum absolute atomic E-state index is 5.53. The van der Waals surface area contributed by atoms with Crippen LogP contribution < -0.4 is 4.74 Å². The topological polar surface area (TPSA) is 12.5 Å². The molecule has 2 aromatic rings. The number of hydrogen-bond donors (Lipinski definition) is 0. The smallest absolute Gasteiger partial charge is 0.124 e. The third-order valence-corrected chi connectivity index (χ3v) is 3.88. The lowest BCUT2D eigenvalue weighted by molar-refractivity contribution is 0.197. The molecule has 0 fully saturated rings. The summed E-state index contributed by atoms with van der Waals surface area (Å²) in [4.78, 5) is 2.49. The van der Waals surface area contributed by atoms with E-state index in [-0.39, 0.29) is 0 Å². The first kappa shape index (κ1) is 11.5. The summed E-state index contributed by atoms with van der Waals surface area (Å²) in [6.07, 6.45) is 0. The Morgan fingerprint density at radius 1 is 1.11 bits per heavy atom. The standard InChI is InChI=1S/C16H19NO/c1-11(2)17-9-13-6-4-5-12-7-8-15(18-3)14(10-17)16(12)13/h4-8,11H,9-10H2,1-3H3. The Morgan fingerprint density at radius 2 is 1.94 bits per heavy atom. The zero-order valence-corrected chi connectivity index (χ0v) is 11.2. The Labute approximate surface area is 108 Å². The first-order valence-electron chi connectivity index (χ1n) is 6.52. The minimum atomic E-state index is 0.554. The van der Waals surface area contributed by atoms with Crippen molar-refractivity contribution in [1.29, 1.82) is 0 Å². The van der Waals surface area contributed by atoms with Gasteiger partial charge in [-0.3, -0.25) is 4.90 Å². The van der Waals surface area contributed by atoms with E-state index in [4.69, 9.17) is 4.74 Å². The first-order valence-corrected chi connectivity index (χ1v) is 6.52. The number of nitrogens with zero attached hydrogens (tertiary/aromatic N) is 1. The highest BCUT2D eigenvalue weighted by Crippen LogP contribution is 2.36. The molecule has 0 unspecified atom stereocenters. The molecule has 2 aromatic carbocycles. The summed E-state index contributed by atoms with van der Waals surface area (Å²) >= 11 is 0. The van der Waals surface area contributed by atoms with E-state index in [1.807, 2.05) is 0 Å². The number of benzene rings is 2. The van der Waals surface area contributed by atoms with Crippen molar-refractivity contribution in [2.75, 3.05) is 7.11 Å². The van der Waals surface area contributed by atoms with Gasteiger partial charge in [-0.1, -0.05) is 24.3 Å². The van der Waals surface area contributed by atoms with Crippen molar-refractivity contribution < 1.29 is 4.74 Å². The summed E-state index contributed by atoms with van der Waals surface area (Å²) < 4.78 is 5.53. The Hall–Kier alpha value is -1.54. The number of methoxy groups -OCH3 is 1. The van der Waals surface area contributed by atoms with Crippen LogP contribution in [-0.4, -0.2) is 18.1 Å². The lowest BCUT2D eigenvalue weighted by Crippen LogP contribution is -2.32. The molecule has 0 saturated carbocycles. The van der Waals surface area contributed by atoms with Gasteiger partial charge in [0, 0.05) is 24.7 Å². The Bertz CT molecular complexity index is 589. The minimum Gasteiger partial charge on any atom is -0.496 e. The molecule has 0 saturated heterocycles. The van der Waals surface area contributed by atoms with Crippen molar-refractivity contribution in [2.45, 2.75) is 33.0 Å². The van der Waals surface area contributed by atoms with Gasteiger partial charge in [-0.2, -0.15) is 0 Å². The zero-order chi connectivity index (χ0) is 12.7. The molecule has 18 heavy (non-hydrogen) atoms. The van der Waals surface area contributed by atoms with Crippen molar-refractivity contribution in [3.05, 3.63) is 41.5 Å². The molecular weight excluding hydrogens is 222 g/mol. The molecular formula is C16H19NO. The largest absolute Gasteiger partial charge is 0.496 e. The van der Waals surface area contributed by atoms with E-state index in [0.29, 0.717) is 6.04 Å². The molecule has 0 spiro atoms. The highest BCUT2D eigenvalue weighted by molar-refractivity contribution is 5.91. The molecule has 3 rings (SSSR count). The van der Waals surface area contributed by atoms with Crippen LogP contribution in [0.3, 0.4) is 0 Å².